The highest BCUT2D eigenvalue weighted by Crippen LogP contribution is 2.13. The van der Waals surface area contributed by atoms with Crippen LogP contribution in [0.4, 0.5) is 0 Å². The van der Waals surface area contributed by atoms with E-state index >= 15 is 0 Å². The third-order valence-corrected chi connectivity index (χ3v) is 6.39. The lowest BCUT2D eigenvalue weighted by Gasteiger charge is -2.22. The van der Waals surface area contributed by atoms with Crippen molar-refractivity contribution in [1.82, 2.24) is 9.80 Å². The van der Waals surface area contributed by atoms with Gasteiger partial charge in [0.05, 0.1) is 0 Å². The Kier molecular flexibility index (Phi) is 17.1. The molecule has 1 aromatic carbocycles. The molecule has 0 spiro atoms. The number of hydrogen-bond acceptors (Lipinski definition) is 2. The SMILES string of the molecule is CCCCCCCCN(CC)Cc1ccc(CN(CC)CCCCCCCC)cc1. The summed E-state index contributed by atoms with van der Waals surface area (Å²) in [6, 6.07) is 9.44. The van der Waals surface area contributed by atoms with Crippen molar-refractivity contribution >= 4 is 0 Å². The zero-order valence-corrected chi connectivity index (χ0v) is 20.9. The molecular weight excluding hydrogens is 364 g/mol. The summed E-state index contributed by atoms with van der Waals surface area (Å²) < 4.78 is 0. The first-order valence-corrected chi connectivity index (χ1v) is 13.3. The van der Waals surface area contributed by atoms with E-state index in [2.05, 4.69) is 61.8 Å². The Labute approximate surface area is 189 Å². The molecule has 0 saturated heterocycles. The van der Waals surface area contributed by atoms with Gasteiger partial charge in [0.2, 0.25) is 0 Å². The van der Waals surface area contributed by atoms with Gasteiger partial charge >= 0.3 is 0 Å². The van der Waals surface area contributed by atoms with Crippen molar-refractivity contribution in [1.29, 1.82) is 0 Å². The lowest BCUT2D eigenvalue weighted by atomic mass is 10.1. The third kappa shape index (κ3) is 13.4. The summed E-state index contributed by atoms with van der Waals surface area (Å²) >= 11 is 0. The van der Waals surface area contributed by atoms with Crippen molar-refractivity contribution in [2.45, 2.75) is 118 Å². The molecule has 0 aliphatic carbocycles. The van der Waals surface area contributed by atoms with Gasteiger partial charge in [-0.3, -0.25) is 9.80 Å². The topological polar surface area (TPSA) is 6.48 Å². The van der Waals surface area contributed by atoms with Gasteiger partial charge in [-0.2, -0.15) is 0 Å². The number of nitrogens with zero attached hydrogens (tertiary/aromatic N) is 2. The van der Waals surface area contributed by atoms with Crippen LogP contribution < -0.4 is 0 Å². The summed E-state index contributed by atoms with van der Waals surface area (Å²) in [6.07, 6.45) is 16.6. The monoisotopic (exact) mass is 416 g/mol. The van der Waals surface area contributed by atoms with E-state index in [1.165, 1.54) is 101 Å². The minimum absolute atomic E-state index is 1.10. The van der Waals surface area contributed by atoms with Crippen LogP contribution in [-0.4, -0.2) is 36.0 Å². The van der Waals surface area contributed by atoms with Gasteiger partial charge in [0.25, 0.3) is 0 Å². The average Bonchev–Trinajstić information content (AvgIpc) is 2.77. The summed E-state index contributed by atoms with van der Waals surface area (Å²) in [4.78, 5) is 5.21. The van der Waals surface area contributed by atoms with Crippen molar-refractivity contribution in [2.24, 2.45) is 0 Å². The van der Waals surface area contributed by atoms with E-state index < -0.39 is 0 Å². The predicted octanol–water partition coefficient (Wildman–Crippen LogP) is 8.05. The van der Waals surface area contributed by atoms with E-state index in [9.17, 15) is 0 Å². The largest absolute Gasteiger partial charge is 0.299 e. The molecule has 174 valence electrons. The quantitative estimate of drug-likeness (QED) is 0.198. The average molecular weight is 417 g/mol. The van der Waals surface area contributed by atoms with E-state index in [1.54, 1.807) is 0 Å². The Balaban J connectivity index is 2.30. The standard InChI is InChI=1S/C28H52N2/c1-5-9-11-13-15-17-23-29(7-3)25-27-19-21-28(22-20-27)26-30(8-4)24-18-16-14-12-10-6-2/h19-22H,5-18,23-26H2,1-4H3. The van der Waals surface area contributed by atoms with Gasteiger partial charge in [-0.05, 0) is 50.1 Å². The summed E-state index contributed by atoms with van der Waals surface area (Å²) in [5.41, 5.74) is 2.93. The molecule has 0 radical (unpaired) electrons. The second-order valence-electron chi connectivity index (χ2n) is 9.09. The number of benzene rings is 1. The molecule has 2 nitrogen and oxygen atoms in total. The summed E-state index contributed by atoms with van der Waals surface area (Å²) in [5.74, 6) is 0. The van der Waals surface area contributed by atoms with Crippen LogP contribution >= 0.6 is 0 Å². The molecule has 2 heteroatoms. The van der Waals surface area contributed by atoms with Gasteiger partial charge in [-0.1, -0.05) is 116 Å². The molecule has 1 aromatic rings. The van der Waals surface area contributed by atoms with Crippen molar-refractivity contribution < 1.29 is 0 Å². The van der Waals surface area contributed by atoms with E-state index in [0.29, 0.717) is 0 Å². The molecule has 0 N–H and O–H groups in total. The molecule has 0 bridgehead atoms. The Morgan fingerprint density at radius 1 is 0.467 bits per heavy atom. The Bertz CT molecular complexity index is 437. The number of unbranched alkanes of at least 4 members (excludes halogenated alkanes) is 10. The molecule has 0 heterocycles. The molecule has 0 aliphatic rings. The summed E-state index contributed by atoms with van der Waals surface area (Å²) in [6.45, 7) is 16.2. The molecule has 0 unspecified atom stereocenters. The van der Waals surface area contributed by atoms with E-state index in [0.717, 1.165) is 26.2 Å². The van der Waals surface area contributed by atoms with E-state index in [4.69, 9.17) is 0 Å². The molecule has 0 aliphatic heterocycles. The number of rotatable bonds is 20. The second kappa shape index (κ2) is 18.9. The molecule has 30 heavy (non-hydrogen) atoms. The molecule has 1 rings (SSSR count). The second-order valence-corrected chi connectivity index (χ2v) is 9.09. The fraction of sp³-hybridized carbons (Fsp3) is 0.786. The highest BCUT2D eigenvalue weighted by Gasteiger charge is 2.06. The van der Waals surface area contributed by atoms with Crippen LogP contribution in [0.3, 0.4) is 0 Å². The highest BCUT2D eigenvalue weighted by molar-refractivity contribution is 5.22. The lowest BCUT2D eigenvalue weighted by Crippen LogP contribution is -2.25. The molecular formula is C28H52N2. The van der Waals surface area contributed by atoms with Crippen LogP contribution in [-0.2, 0) is 13.1 Å². The van der Waals surface area contributed by atoms with Crippen molar-refractivity contribution in [3.63, 3.8) is 0 Å². The zero-order chi connectivity index (χ0) is 21.9. The van der Waals surface area contributed by atoms with E-state index in [-0.39, 0.29) is 0 Å². The van der Waals surface area contributed by atoms with Crippen molar-refractivity contribution in [2.75, 3.05) is 26.2 Å². The van der Waals surface area contributed by atoms with Gasteiger partial charge in [-0.25, -0.2) is 0 Å². The first kappa shape index (κ1) is 27.2. The number of hydrogen-bond donors (Lipinski definition) is 0. The molecule has 0 saturated carbocycles. The predicted molar refractivity (Wildman–Crippen MR) is 135 cm³/mol. The van der Waals surface area contributed by atoms with Gasteiger partial charge in [-0.15, -0.1) is 0 Å². The first-order valence-electron chi connectivity index (χ1n) is 13.3. The van der Waals surface area contributed by atoms with Crippen LogP contribution in [0.1, 0.15) is 116 Å². The van der Waals surface area contributed by atoms with Gasteiger partial charge in [0.15, 0.2) is 0 Å². The van der Waals surface area contributed by atoms with Crippen LogP contribution in [0.15, 0.2) is 24.3 Å². The minimum Gasteiger partial charge on any atom is -0.299 e. The van der Waals surface area contributed by atoms with Gasteiger partial charge < -0.3 is 0 Å². The molecule has 0 atom stereocenters. The Morgan fingerprint density at radius 3 is 1.13 bits per heavy atom. The maximum Gasteiger partial charge on any atom is 0.0233 e. The van der Waals surface area contributed by atoms with Gasteiger partial charge in [0.1, 0.15) is 0 Å². The maximum atomic E-state index is 2.60. The van der Waals surface area contributed by atoms with Crippen LogP contribution in [0.25, 0.3) is 0 Å². The van der Waals surface area contributed by atoms with Gasteiger partial charge in [0, 0.05) is 13.1 Å². The smallest absolute Gasteiger partial charge is 0.0233 e. The molecule has 0 amide bonds. The lowest BCUT2D eigenvalue weighted by molar-refractivity contribution is 0.270. The fourth-order valence-electron chi connectivity index (χ4n) is 4.20. The highest BCUT2D eigenvalue weighted by atomic mass is 15.1. The third-order valence-electron chi connectivity index (χ3n) is 6.39. The normalized spacial score (nSPS) is 11.7. The van der Waals surface area contributed by atoms with Crippen LogP contribution in [0.5, 0.6) is 0 Å². The summed E-state index contributed by atoms with van der Waals surface area (Å²) in [7, 11) is 0. The molecule has 0 aromatic heterocycles. The van der Waals surface area contributed by atoms with Crippen LogP contribution in [0, 0.1) is 0 Å². The van der Waals surface area contributed by atoms with Crippen molar-refractivity contribution in [3.05, 3.63) is 35.4 Å². The first-order chi connectivity index (χ1) is 14.7. The van der Waals surface area contributed by atoms with Crippen LogP contribution in [0.2, 0.25) is 0 Å². The van der Waals surface area contributed by atoms with Crippen molar-refractivity contribution in [3.8, 4) is 0 Å². The van der Waals surface area contributed by atoms with E-state index in [1.807, 2.05) is 0 Å². The zero-order valence-electron chi connectivity index (χ0n) is 20.9. The Hall–Kier alpha value is -0.860. The minimum atomic E-state index is 1.10. The Morgan fingerprint density at radius 2 is 0.800 bits per heavy atom. The maximum absolute atomic E-state index is 2.60. The molecule has 0 fully saturated rings. The fourth-order valence-corrected chi connectivity index (χ4v) is 4.20. The summed E-state index contributed by atoms with van der Waals surface area (Å²) in [5, 5.41) is 0.